The van der Waals surface area contributed by atoms with Crippen molar-refractivity contribution in [2.45, 2.75) is 39.3 Å². The van der Waals surface area contributed by atoms with Gasteiger partial charge in [0.1, 0.15) is 17.9 Å². The summed E-state index contributed by atoms with van der Waals surface area (Å²) in [5.74, 6) is 0.183. The first-order valence-electron chi connectivity index (χ1n) is 5.07. The third kappa shape index (κ3) is 5.37. The standard InChI is InChI=1S/C10H19NO4S/c1-5-14-11(8(6-12)7-16)9(13)15-10(2,3)4/h6,8,16H,5,7H2,1-4H3/t8-/m1/s1. The molecule has 0 aromatic heterocycles. The molecule has 0 N–H and O–H groups in total. The van der Waals surface area contributed by atoms with E-state index in [0.717, 1.165) is 5.06 Å². The van der Waals surface area contributed by atoms with E-state index >= 15 is 0 Å². The van der Waals surface area contributed by atoms with Crippen molar-refractivity contribution in [3.05, 3.63) is 0 Å². The molecule has 0 bridgehead atoms. The zero-order valence-electron chi connectivity index (χ0n) is 10.1. The Morgan fingerprint density at radius 2 is 2.06 bits per heavy atom. The third-order valence-corrected chi connectivity index (χ3v) is 1.86. The van der Waals surface area contributed by atoms with Crippen LogP contribution in [-0.2, 0) is 14.4 Å². The number of hydrogen-bond acceptors (Lipinski definition) is 5. The first kappa shape index (κ1) is 15.2. The lowest BCUT2D eigenvalue weighted by molar-refractivity contribution is -0.165. The zero-order chi connectivity index (χ0) is 12.8. The normalized spacial score (nSPS) is 13.1. The van der Waals surface area contributed by atoms with Gasteiger partial charge in [-0.3, -0.25) is 4.84 Å². The Morgan fingerprint density at radius 1 is 1.50 bits per heavy atom. The van der Waals surface area contributed by atoms with E-state index in [2.05, 4.69) is 12.6 Å². The molecule has 0 unspecified atom stereocenters. The predicted molar refractivity (Wildman–Crippen MR) is 63.4 cm³/mol. The molecule has 0 spiro atoms. The summed E-state index contributed by atoms with van der Waals surface area (Å²) in [5.41, 5.74) is -0.629. The molecule has 0 aromatic rings. The first-order chi connectivity index (χ1) is 7.35. The van der Waals surface area contributed by atoms with Gasteiger partial charge in [-0.15, -0.1) is 0 Å². The second kappa shape index (κ2) is 6.75. The fourth-order valence-corrected chi connectivity index (χ4v) is 1.14. The second-order valence-electron chi connectivity index (χ2n) is 4.11. The number of thiol groups is 1. The first-order valence-corrected chi connectivity index (χ1v) is 5.70. The molecule has 0 aliphatic carbocycles. The van der Waals surface area contributed by atoms with Gasteiger partial charge in [0, 0.05) is 5.75 Å². The minimum absolute atomic E-state index is 0.183. The van der Waals surface area contributed by atoms with E-state index in [1.165, 1.54) is 0 Å². The highest BCUT2D eigenvalue weighted by Gasteiger charge is 2.28. The molecule has 0 rings (SSSR count). The van der Waals surface area contributed by atoms with Gasteiger partial charge in [-0.1, -0.05) is 0 Å². The number of nitrogens with zero attached hydrogens (tertiary/aromatic N) is 1. The Bertz CT molecular complexity index is 239. The predicted octanol–water partition coefficient (Wildman–Crippen LogP) is 1.67. The van der Waals surface area contributed by atoms with Gasteiger partial charge in [0.15, 0.2) is 0 Å². The Balaban J connectivity index is 4.63. The maximum Gasteiger partial charge on any atom is 0.435 e. The van der Waals surface area contributed by atoms with Gasteiger partial charge in [-0.05, 0) is 27.7 Å². The quantitative estimate of drug-likeness (QED) is 0.457. The molecule has 1 amide bonds. The number of ether oxygens (including phenoxy) is 1. The number of carbonyl (C=O) groups is 2. The number of hydrogen-bond donors (Lipinski definition) is 1. The molecule has 0 saturated heterocycles. The Labute approximate surface area is 101 Å². The molecule has 1 atom stereocenters. The molecule has 94 valence electrons. The average molecular weight is 249 g/mol. The summed E-state index contributed by atoms with van der Waals surface area (Å²) in [6.45, 7) is 7.22. The topological polar surface area (TPSA) is 55.8 Å². The van der Waals surface area contributed by atoms with Crippen molar-refractivity contribution in [1.29, 1.82) is 0 Å². The zero-order valence-corrected chi connectivity index (χ0v) is 11.0. The average Bonchev–Trinajstić information content (AvgIpc) is 2.15. The van der Waals surface area contributed by atoms with Crippen molar-refractivity contribution in [3.63, 3.8) is 0 Å². The number of hydroxylamine groups is 2. The molecule has 0 radical (unpaired) electrons. The van der Waals surface area contributed by atoms with Gasteiger partial charge in [-0.25, -0.2) is 4.79 Å². The van der Waals surface area contributed by atoms with Crippen molar-refractivity contribution in [2.24, 2.45) is 0 Å². The third-order valence-electron chi connectivity index (χ3n) is 1.49. The minimum Gasteiger partial charge on any atom is -0.442 e. The van der Waals surface area contributed by atoms with Crippen LogP contribution in [0.15, 0.2) is 0 Å². The van der Waals surface area contributed by atoms with E-state index < -0.39 is 17.7 Å². The molecule has 0 saturated carbocycles. The Morgan fingerprint density at radius 3 is 2.38 bits per heavy atom. The van der Waals surface area contributed by atoms with E-state index in [4.69, 9.17) is 9.57 Å². The summed E-state index contributed by atoms with van der Waals surface area (Å²) in [6.07, 6.45) is -0.0763. The van der Waals surface area contributed by atoms with Crippen molar-refractivity contribution >= 4 is 25.0 Å². The van der Waals surface area contributed by atoms with E-state index in [0.29, 0.717) is 6.29 Å². The number of rotatable bonds is 5. The number of aldehydes is 1. The van der Waals surface area contributed by atoms with Gasteiger partial charge >= 0.3 is 6.09 Å². The van der Waals surface area contributed by atoms with Gasteiger partial charge in [0.25, 0.3) is 0 Å². The van der Waals surface area contributed by atoms with E-state index in [1.807, 2.05) is 0 Å². The molecule has 0 fully saturated rings. The summed E-state index contributed by atoms with van der Waals surface area (Å²) in [5, 5.41) is 0.922. The van der Waals surface area contributed by atoms with Crippen LogP contribution < -0.4 is 0 Å². The monoisotopic (exact) mass is 249 g/mol. The number of amides is 1. The van der Waals surface area contributed by atoms with Crippen LogP contribution in [0, 0.1) is 0 Å². The summed E-state index contributed by atoms with van der Waals surface area (Å²) >= 11 is 3.97. The molecule has 0 aliphatic rings. The highest BCUT2D eigenvalue weighted by molar-refractivity contribution is 7.80. The van der Waals surface area contributed by atoms with Gasteiger partial charge in [0.05, 0.1) is 6.61 Å². The lowest BCUT2D eigenvalue weighted by Crippen LogP contribution is -2.45. The second-order valence-corrected chi connectivity index (χ2v) is 4.48. The van der Waals surface area contributed by atoms with Crippen molar-refractivity contribution < 1.29 is 19.2 Å². The van der Waals surface area contributed by atoms with E-state index in [1.54, 1.807) is 27.7 Å². The van der Waals surface area contributed by atoms with Crippen LogP contribution >= 0.6 is 12.6 Å². The van der Waals surface area contributed by atoms with Crippen LogP contribution in [-0.4, -0.2) is 41.4 Å². The smallest absolute Gasteiger partial charge is 0.435 e. The van der Waals surface area contributed by atoms with Crippen molar-refractivity contribution in [3.8, 4) is 0 Å². The van der Waals surface area contributed by atoms with Crippen LogP contribution in [0.3, 0.4) is 0 Å². The lowest BCUT2D eigenvalue weighted by atomic mass is 10.2. The fourth-order valence-electron chi connectivity index (χ4n) is 0.902. The summed E-state index contributed by atoms with van der Waals surface area (Å²) < 4.78 is 5.11. The van der Waals surface area contributed by atoms with Crippen molar-refractivity contribution in [1.82, 2.24) is 5.06 Å². The van der Waals surface area contributed by atoms with Gasteiger partial charge < -0.3 is 9.53 Å². The summed E-state index contributed by atoms with van der Waals surface area (Å²) in [7, 11) is 0. The SMILES string of the molecule is CCON(C(=O)OC(C)(C)C)[C@H](C=O)CS. The van der Waals surface area contributed by atoms with Crippen LogP contribution in [0.1, 0.15) is 27.7 Å². The highest BCUT2D eigenvalue weighted by atomic mass is 32.1. The van der Waals surface area contributed by atoms with Crippen LogP contribution in [0.25, 0.3) is 0 Å². The molecule has 0 heterocycles. The van der Waals surface area contributed by atoms with Gasteiger partial charge in [-0.2, -0.15) is 17.7 Å². The largest absolute Gasteiger partial charge is 0.442 e. The highest BCUT2D eigenvalue weighted by Crippen LogP contribution is 2.12. The maximum absolute atomic E-state index is 11.7. The van der Waals surface area contributed by atoms with E-state index in [9.17, 15) is 9.59 Å². The minimum atomic E-state index is -0.738. The molecule has 6 heteroatoms. The number of carbonyl (C=O) groups excluding carboxylic acids is 2. The van der Waals surface area contributed by atoms with E-state index in [-0.39, 0.29) is 12.4 Å². The molecule has 0 aliphatic heterocycles. The Hall–Kier alpha value is -0.750. The summed E-state index contributed by atoms with van der Waals surface area (Å²) in [4.78, 5) is 27.5. The van der Waals surface area contributed by atoms with Crippen LogP contribution in [0.4, 0.5) is 4.79 Å². The fraction of sp³-hybridized carbons (Fsp3) is 0.800. The van der Waals surface area contributed by atoms with Crippen LogP contribution in [0.2, 0.25) is 0 Å². The molecule has 16 heavy (non-hydrogen) atoms. The molecule has 0 aromatic carbocycles. The Kier molecular flexibility index (Phi) is 6.43. The van der Waals surface area contributed by atoms with Gasteiger partial charge in [0.2, 0.25) is 0 Å². The molecular formula is C10H19NO4S. The summed E-state index contributed by atoms with van der Waals surface area (Å²) in [6, 6.07) is -0.738. The van der Waals surface area contributed by atoms with Crippen LogP contribution in [0.5, 0.6) is 0 Å². The van der Waals surface area contributed by atoms with Crippen molar-refractivity contribution in [2.75, 3.05) is 12.4 Å². The lowest BCUT2D eigenvalue weighted by Gasteiger charge is -2.28. The molecule has 5 nitrogen and oxygen atoms in total. The maximum atomic E-state index is 11.7. The molecular weight excluding hydrogens is 230 g/mol.